The fourth-order valence-electron chi connectivity index (χ4n) is 1.91. The summed E-state index contributed by atoms with van der Waals surface area (Å²) < 4.78 is 30.6. The van der Waals surface area contributed by atoms with Crippen LogP contribution in [0.5, 0.6) is 0 Å². The fraction of sp³-hybridized carbons (Fsp3) is 0.167. The number of halogens is 2. The number of carbonyl (C=O) groups excluding carboxylic acids is 3. The summed E-state index contributed by atoms with van der Waals surface area (Å²) in [5.74, 6) is -4.20. The maximum absolute atomic E-state index is 13.1. The number of Topliss-reactive ketones (excluding diaryl/α,β-unsaturated/α-hetero) is 1. The van der Waals surface area contributed by atoms with Crippen LogP contribution in [-0.4, -0.2) is 30.8 Å². The van der Waals surface area contributed by atoms with Gasteiger partial charge in [-0.2, -0.15) is 0 Å². The third kappa shape index (κ3) is 5.20. The molecule has 0 bridgehead atoms. The number of hydrogen-bond acceptors (Lipinski definition) is 4. The lowest BCUT2D eigenvalue weighted by atomic mass is 10.1. The van der Waals surface area contributed by atoms with Crippen molar-refractivity contribution in [1.29, 1.82) is 0 Å². The van der Waals surface area contributed by atoms with E-state index in [4.69, 9.17) is 4.74 Å². The molecule has 0 atom stereocenters. The molecule has 0 spiro atoms. The molecule has 2 aromatic carbocycles. The lowest BCUT2D eigenvalue weighted by molar-refractivity contribution is -0.141. The lowest BCUT2D eigenvalue weighted by Gasteiger charge is -2.07. The van der Waals surface area contributed by atoms with E-state index in [-0.39, 0.29) is 5.56 Å². The number of benzene rings is 2. The summed E-state index contributed by atoms with van der Waals surface area (Å²) >= 11 is 0. The molecule has 1 N–H and O–H groups in total. The Morgan fingerprint density at radius 2 is 1.60 bits per heavy atom. The maximum Gasteiger partial charge on any atom is 0.325 e. The highest BCUT2D eigenvalue weighted by molar-refractivity contribution is 5.98. The first kappa shape index (κ1) is 18.3. The highest BCUT2D eigenvalue weighted by atomic mass is 19.2. The first-order valence-corrected chi connectivity index (χ1v) is 7.35. The van der Waals surface area contributed by atoms with Gasteiger partial charge in [-0.3, -0.25) is 14.4 Å². The van der Waals surface area contributed by atoms with Gasteiger partial charge < -0.3 is 10.1 Å². The molecule has 25 heavy (non-hydrogen) atoms. The van der Waals surface area contributed by atoms with E-state index in [1.807, 2.05) is 6.92 Å². The van der Waals surface area contributed by atoms with E-state index in [9.17, 15) is 23.2 Å². The molecule has 0 saturated carbocycles. The molecule has 7 heteroatoms. The highest BCUT2D eigenvalue weighted by Gasteiger charge is 2.13. The van der Waals surface area contributed by atoms with Crippen molar-refractivity contribution in [3.05, 3.63) is 70.8 Å². The van der Waals surface area contributed by atoms with Crippen LogP contribution < -0.4 is 5.32 Å². The van der Waals surface area contributed by atoms with E-state index in [1.54, 1.807) is 24.3 Å². The average Bonchev–Trinajstić information content (AvgIpc) is 2.60. The van der Waals surface area contributed by atoms with Crippen LogP contribution in [0.25, 0.3) is 0 Å². The molecule has 0 aromatic heterocycles. The van der Waals surface area contributed by atoms with Crippen LogP contribution in [0.1, 0.15) is 26.3 Å². The summed E-state index contributed by atoms with van der Waals surface area (Å²) in [6, 6.07) is 9.37. The molecular weight excluding hydrogens is 332 g/mol. The molecule has 0 unspecified atom stereocenters. The van der Waals surface area contributed by atoms with Gasteiger partial charge in [0.15, 0.2) is 24.0 Å². The Morgan fingerprint density at radius 3 is 2.24 bits per heavy atom. The predicted molar refractivity (Wildman–Crippen MR) is 85.2 cm³/mol. The minimum Gasteiger partial charge on any atom is -0.456 e. The Morgan fingerprint density at radius 1 is 0.960 bits per heavy atom. The molecule has 1 amide bonds. The second kappa shape index (κ2) is 8.14. The summed E-state index contributed by atoms with van der Waals surface area (Å²) in [5.41, 5.74) is 1.26. The number of ketones is 1. The van der Waals surface area contributed by atoms with Gasteiger partial charge in [0.25, 0.3) is 5.91 Å². The highest BCUT2D eigenvalue weighted by Crippen LogP contribution is 2.09. The Balaban J connectivity index is 1.80. The van der Waals surface area contributed by atoms with Crippen molar-refractivity contribution in [2.45, 2.75) is 6.92 Å². The molecule has 0 radical (unpaired) electrons. The van der Waals surface area contributed by atoms with Crippen molar-refractivity contribution < 1.29 is 27.9 Å². The lowest BCUT2D eigenvalue weighted by Crippen LogP contribution is -2.31. The first-order chi connectivity index (χ1) is 11.9. The van der Waals surface area contributed by atoms with Crippen LogP contribution >= 0.6 is 0 Å². The number of aryl methyl sites for hydroxylation is 1. The van der Waals surface area contributed by atoms with Gasteiger partial charge in [-0.15, -0.1) is 0 Å². The molecule has 0 aliphatic carbocycles. The van der Waals surface area contributed by atoms with Crippen molar-refractivity contribution >= 4 is 17.7 Å². The van der Waals surface area contributed by atoms with Crippen molar-refractivity contribution in [2.75, 3.05) is 13.2 Å². The van der Waals surface area contributed by atoms with Crippen molar-refractivity contribution in [2.24, 2.45) is 0 Å². The molecule has 2 rings (SSSR count). The molecule has 0 aliphatic heterocycles. The van der Waals surface area contributed by atoms with E-state index in [1.165, 1.54) is 0 Å². The van der Waals surface area contributed by atoms with Crippen molar-refractivity contribution in [1.82, 2.24) is 5.32 Å². The first-order valence-electron chi connectivity index (χ1n) is 7.35. The smallest absolute Gasteiger partial charge is 0.325 e. The van der Waals surface area contributed by atoms with E-state index >= 15 is 0 Å². The topological polar surface area (TPSA) is 72.5 Å². The van der Waals surface area contributed by atoms with E-state index < -0.39 is 42.4 Å². The van der Waals surface area contributed by atoms with E-state index in [2.05, 4.69) is 5.32 Å². The van der Waals surface area contributed by atoms with Gasteiger partial charge in [-0.1, -0.05) is 17.7 Å². The van der Waals surface area contributed by atoms with Gasteiger partial charge in [0.05, 0.1) is 0 Å². The van der Waals surface area contributed by atoms with Crippen LogP contribution in [-0.2, 0) is 9.53 Å². The zero-order chi connectivity index (χ0) is 18.4. The molecule has 0 saturated heterocycles. The molecule has 0 heterocycles. The van der Waals surface area contributed by atoms with Crippen molar-refractivity contribution in [3.63, 3.8) is 0 Å². The zero-order valence-electron chi connectivity index (χ0n) is 13.3. The quantitative estimate of drug-likeness (QED) is 0.643. The van der Waals surface area contributed by atoms with Crippen LogP contribution in [0.15, 0.2) is 42.5 Å². The summed E-state index contributed by atoms with van der Waals surface area (Å²) in [6.07, 6.45) is 0. The Labute approximate surface area is 142 Å². The standard InChI is InChI=1S/C18H15F2NO4/c1-11-2-4-12(5-3-11)18(24)21-9-17(23)25-10-16(22)13-6-7-14(19)15(20)8-13/h2-8H,9-10H2,1H3,(H,21,24). The number of rotatable bonds is 6. The summed E-state index contributed by atoms with van der Waals surface area (Å²) in [7, 11) is 0. The van der Waals surface area contributed by atoms with Gasteiger partial charge in [0.1, 0.15) is 6.54 Å². The number of carbonyl (C=O) groups is 3. The molecule has 0 aliphatic rings. The Hall–Kier alpha value is -3.09. The number of esters is 1. The van der Waals surface area contributed by atoms with Crippen LogP contribution in [0, 0.1) is 18.6 Å². The van der Waals surface area contributed by atoms with Crippen LogP contribution in [0.3, 0.4) is 0 Å². The fourth-order valence-corrected chi connectivity index (χ4v) is 1.91. The maximum atomic E-state index is 13.1. The summed E-state index contributed by atoms with van der Waals surface area (Å²) in [4.78, 5) is 35.1. The predicted octanol–water partition coefficient (Wildman–Crippen LogP) is 2.43. The zero-order valence-corrected chi connectivity index (χ0v) is 13.3. The Bertz CT molecular complexity index is 803. The molecule has 130 valence electrons. The third-order valence-corrected chi connectivity index (χ3v) is 3.31. The van der Waals surface area contributed by atoms with Gasteiger partial charge in [-0.05, 0) is 37.3 Å². The third-order valence-electron chi connectivity index (χ3n) is 3.31. The minimum absolute atomic E-state index is 0.115. The summed E-state index contributed by atoms with van der Waals surface area (Å²) in [6.45, 7) is 0.825. The van der Waals surface area contributed by atoms with Crippen molar-refractivity contribution in [3.8, 4) is 0 Å². The van der Waals surface area contributed by atoms with Crippen LogP contribution in [0.4, 0.5) is 8.78 Å². The number of hydrogen-bond donors (Lipinski definition) is 1. The molecular formula is C18H15F2NO4. The SMILES string of the molecule is Cc1ccc(C(=O)NCC(=O)OCC(=O)c2ccc(F)c(F)c2)cc1. The number of nitrogens with one attached hydrogen (secondary N) is 1. The van der Waals surface area contributed by atoms with E-state index in [0.29, 0.717) is 5.56 Å². The molecule has 0 fully saturated rings. The number of amides is 1. The summed E-state index contributed by atoms with van der Waals surface area (Å²) in [5, 5.41) is 2.36. The number of ether oxygens (including phenoxy) is 1. The normalized spacial score (nSPS) is 10.2. The minimum atomic E-state index is -1.16. The molecule has 2 aromatic rings. The van der Waals surface area contributed by atoms with Gasteiger partial charge >= 0.3 is 5.97 Å². The van der Waals surface area contributed by atoms with Gasteiger partial charge in [0.2, 0.25) is 0 Å². The second-order valence-corrected chi connectivity index (χ2v) is 5.26. The monoisotopic (exact) mass is 347 g/mol. The average molecular weight is 347 g/mol. The largest absolute Gasteiger partial charge is 0.456 e. The van der Waals surface area contributed by atoms with Gasteiger partial charge in [0, 0.05) is 11.1 Å². The van der Waals surface area contributed by atoms with E-state index in [0.717, 1.165) is 23.8 Å². The van der Waals surface area contributed by atoms with Crippen LogP contribution in [0.2, 0.25) is 0 Å². The van der Waals surface area contributed by atoms with Gasteiger partial charge in [-0.25, -0.2) is 8.78 Å². The second-order valence-electron chi connectivity index (χ2n) is 5.26. The molecule has 5 nitrogen and oxygen atoms in total. The Kier molecular flexibility index (Phi) is 5.94.